The standard InChI is InChI=1S/C22H19ClN4O2S/c1-14-10-16(15(2)27(14)19-6-4-18(23)5-7-19)11-20-21(28)26(8-9-29-3)22(30-20)17(12-24)13-25/h4-7,10-11H,8-9H2,1-3H3. The Morgan fingerprint density at radius 2 is 1.90 bits per heavy atom. The summed E-state index contributed by atoms with van der Waals surface area (Å²) in [6.45, 7) is 4.55. The van der Waals surface area contributed by atoms with Gasteiger partial charge in [0, 0.05) is 29.2 Å². The normalized spacial score (nSPS) is 11.3. The fourth-order valence-electron chi connectivity index (χ4n) is 3.27. The largest absolute Gasteiger partial charge is 0.383 e. The Kier molecular flexibility index (Phi) is 6.59. The van der Waals surface area contributed by atoms with Crippen LogP contribution in [0.1, 0.15) is 17.0 Å². The number of rotatable bonds is 5. The maximum Gasteiger partial charge on any atom is 0.269 e. The van der Waals surface area contributed by atoms with Gasteiger partial charge in [-0.3, -0.25) is 9.36 Å². The number of nitrogens with zero attached hydrogens (tertiary/aromatic N) is 4. The molecule has 30 heavy (non-hydrogen) atoms. The Morgan fingerprint density at radius 1 is 1.23 bits per heavy atom. The molecule has 8 heteroatoms. The topological polar surface area (TPSA) is 83.7 Å². The van der Waals surface area contributed by atoms with Gasteiger partial charge in [-0.15, -0.1) is 11.3 Å². The van der Waals surface area contributed by atoms with Crippen molar-refractivity contribution in [2.45, 2.75) is 20.4 Å². The molecule has 1 aromatic carbocycles. The Morgan fingerprint density at radius 3 is 2.50 bits per heavy atom. The summed E-state index contributed by atoms with van der Waals surface area (Å²) in [4.78, 5) is 13.0. The van der Waals surface area contributed by atoms with Crippen molar-refractivity contribution in [3.05, 3.63) is 71.9 Å². The molecule has 0 bridgehead atoms. The number of hydrogen-bond donors (Lipinski definition) is 0. The zero-order valence-corrected chi connectivity index (χ0v) is 18.3. The third-order valence-electron chi connectivity index (χ3n) is 4.71. The lowest BCUT2D eigenvalue weighted by Gasteiger charge is -2.09. The van der Waals surface area contributed by atoms with Crippen molar-refractivity contribution in [3.63, 3.8) is 0 Å². The molecule has 0 spiro atoms. The van der Waals surface area contributed by atoms with Crippen molar-refractivity contribution < 1.29 is 4.74 Å². The van der Waals surface area contributed by atoms with Crippen LogP contribution in [0.15, 0.2) is 35.1 Å². The van der Waals surface area contributed by atoms with E-state index in [0.717, 1.165) is 34.0 Å². The third-order valence-corrected chi connectivity index (χ3v) is 6.09. The molecule has 0 aliphatic carbocycles. The minimum atomic E-state index is -0.244. The molecule has 0 aliphatic heterocycles. The summed E-state index contributed by atoms with van der Waals surface area (Å²) in [5.41, 5.74) is 3.52. The molecule has 3 aromatic rings. The molecular weight excluding hydrogens is 420 g/mol. The summed E-state index contributed by atoms with van der Waals surface area (Å²) in [5, 5.41) is 19.2. The fraction of sp³-hybridized carbons (Fsp3) is 0.227. The fourth-order valence-corrected chi connectivity index (χ4v) is 4.47. The van der Waals surface area contributed by atoms with Crippen LogP contribution in [-0.2, 0) is 11.3 Å². The lowest BCUT2D eigenvalue weighted by molar-refractivity contribution is 0.186. The first-order chi connectivity index (χ1) is 14.4. The van der Waals surface area contributed by atoms with E-state index in [1.807, 2.05) is 56.3 Å². The van der Waals surface area contributed by atoms with Gasteiger partial charge in [0.15, 0.2) is 5.57 Å². The van der Waals surface area contributed by atoms with Gasteiger partial charge in [-0.25, -0.2) is 0 Å². The average molecular weight is 439 g/mol. The van der Waals surface area contributed by atoms with Crippen molar-refractivity contribution in [2.24, 2.45) is 0 Å². The van der Waals surface area contributed by atoms with E-state index in [-0.39, 0.29) is 17.7 Å². The first-order valence-electron chi connectivity index (χ1n) is 9.11. The summed E-state index contributed by atoms with van der Waals surface area (Å²) in [6, 6.07) is 13.3. The van der Waals surface area contributed by atoms with Gasteiger partial charge in [0.05, 0.1) is 17.7 Å². The number of aromatic nitrogens is 2. The summed E-state index contributed by atoms with van der Waals surface area (Å²) < 4.78 is 9.39. The quantitative estimate of drug-likeness (QED) is 0.613. The van der Waals surface area contributed by atoms with E-state index in [1.54, 1.807) is 6.08 Å². The van der Waals surface area contributed by atoms with Crippen molar-refractivity contribution in [1.29, 1.82) is 10.5 Å². The van der Waals surface area contributed by atoms with Crippen molar-refractivity contribution in [1.82, 2.24) is 9.13 Å². The number of thiazole rings is 1. The molecule has 0 saturated heterocycles. The zero-order chi connectivity index (χ0) is 21.8. The highest BCUT2D eigenvalue weighted by Gasteiger charge is 2.12. The smallest absolute Gasteiger partial charge is 0.269 e. The van der Waals surface area contributed by atoms with Crippen molar-refractivity contribution >= 4 is 34.6 Å². The summed E-state index contributed by atoms with van der Waals surface area (Å²) in [6.07, 6.45) is 1.81. The maximum absolute atomic E-state index is 13.0. The number of halogens is 1. The van der Waals surface area contributed by atoms with Gasteiger partial charge in [-0.1, -0.05) is 11.6 Å². The lowest BCUT2D eigenvalue weighted by Crippen LogP contribution is -2.33. The molecule has 2 heterocycles. The van der Waals surface area contributed by atoms with E-state index < -0.39 is 0 Å². The molecule has 0 fully saturated rings. The van der Waals surface area contributed by atoms with Crippen molar-refractivity contribution in [3.8, 4) is 17.8 Å². The van der Waals surface area contributed by atoms with E-state index in [9.17, 15) is 15.3 Å². The van der Waals surface area contributed by atoms with Gasteiger partial charge in [-0.2, -0.15) is 10.5 Å². The van der Waals surface area contributed by atoms with Crippen LogP contribution in [0.3, 0.4) is 0 Å². The van der Waals surface area contributed by atoms with Crippen LogP contribution in [0, 0.1) is 36.5 Å². The van der Waals surface area contributed by atoms with Crippen LogP contribution in [0.25, 0.3) is 17.3 Å². The Balaban J connectivity index is 2.22. The van der Waals surface area contributed by atoms with Gasteiger partial charge < -0.3 is 9.30 Å². The number of benzene rings is 1. The van der Waals surface area contributed by atoms with Gasteiger partial charge in [0.25, 0.3) is 5.56 Å². The Hall–Kier alpha value is -3.10. The first kappa shape index (κ1) is 21.6. The highest BCUT2D eigenvalue weighted by Crippen LogP contribution is 2.22. The molecule has 0 unspecified atom stereocenters. The predicted molar refractivity (Wildman–Crippen MR) is 118 cm³/mol. The molecule has 2 aromatic heterocycles. The Bertz CT molecular complexity index is 1330. The molecule has 0 radical (unpaired) electrons. The second-order valence-corrected chi connectivity index (χ2v) is 8.07. The molecule has 0 N–H and O–H groups in total. The lowest BCUT2D eigenvalue weighted by atomic mass is 10.2. The molecule has 0 atom stereocenters. The minimum Gasteiger partial charge on any atom is -0.383 e. The van der Waals surface area contributed by atoms with Gasteiger partial charge >= 0.3 is 0 Å². The van der Waals surface area contributed by atoms with Crippen LogP contribution in [0.2, 0.25) is 5.02 Å². The van der Waals surface area contributed by atoms with Crippen LogP contribution in [-0.4, -0.2) is 22.9 Å². The average Bonchev–Trinajstić information content (AvgIpc) is 3.18. The van der Waals surface area contributed by atoms with Gasteiger partial charge in [0.1, 0.15) is 16.8 Å². The molecule has 0 aliphatic rings. The van der Waals surface area contributed by atoms with E-state index in [2.05, 4.69) is 4.57 Å². The number of methoxy groups -OCH3 is 1. The number of nitriles is 2. The van der Waals surface area contributed by atoms with Crippen molar-refractivity contribution in [2.75, 3.05) is 13.7 Å². The zero-order valence-electron chi connectivity index (χ0n) is 16.8. The van der Waals surface area contributed by atoms with Crippen LogP contribution >= 0.6 is 22.9 Å². The highest BCUT2D eigenvalue weighted by atomic mass is 35.5. The monoisotopic (exact) mass is 438 g/mol. The minimum absolute atomic E-state index is 0.0838. The first-order valence-corrected chi connectivity index (χ1v) is 10.3. The summed E-state index contributed by atoms with van der Waals surface area (Å²) in [7, 11) is 1.54. The summed E-state index contributed by atoms with van der Waals surface area (Å²) >= 11 is 7.14. The second-order valence-electron chi connectivity index (χ2n) is 6.60. The van der Waals surface area contributed by atoms with Gasteiger partial charge in [0.2, 0.25) is 0 Å². The highest BCUT2D eigenvalue weighted by molar-refractivity contribution is 7.07. The van der Waals surface area contributed by atoms with Crippen LogP contribution in [0.4, 0.5) is 0 Å². The van der Waals surface area contributed by atoms with E-state index >= 15 is 0 Å². The Labute approximate surface area is 182 Å². The summed E-state index contributed by atoms with van der Waals surface area (Å²) in [5.74, 6) is 0. The maximum atomic E-state index is 13.0. The molecule has 6 nitrogen and oxygen atoms in total. The third kappa shape index (κ3) is 4.10. The molecular formula is C22H19ClN4O2S. The second kappa shape index (κ2) is 9.15. The molecule has 3 rings (SSSR count). The van der Waals surface area contributed by atoms with Gasteiger partial charge in [-0.05, 0) is 55.8 Å². The van der Waals surface area contributed by atoms with E-state index in [4.69, 9.17) is 16.3 Å². The van der Waals surface area contributed by atoms with E-state index in [0.29, 0.717) is 20.8 Å². The predicted octanol–water partition coefficient (Wildman–Crippen LogP) is 2.64. The molecule has 0 amide bonds. The SMILES string of the molecule is COCCn1c(=C(C#N)C#N)sc(=Cc2cc(C)n(-c3ccc(Cl)cc3)c2C)c1=O. The van der Waals surface area contributed by atoms with E-state index in [1.165, 1.54) is 11.7 Å². The number of aryl methyl sites for hydroxylation is 1. The van der Waals surface area contributed by atoms with Crippen LogP contribution < -0.4 is 14.8 Å². The van der Waals surface area contributed by atoms with Crippen LogP contribution in [0.5, 0.6) is 0 Å². The molecule has 152 valence electrons. The number of hydrogen-bond acceptors (Lipinski definition) is 5. The molecule has 0 saturated carbocycles. The number of ether oxygens (including phenoxy) is 1.